The lowest BCUT2D eigenvalue weighted by Crippen LogP contribution is -2.18. The van der Waals surface area contributed by atoms with E-state index in [0.29, 0.717) is 5.02 Å². The Kier molecular flexibility index (Phi) is 5.51. The van der Waals surface area contributed by atoms with E-state index in [1.807, 2.05) is 43.4 Å². The van der Waals surface area contributed by atoms with Gasteiger partial charge >= 0.3 is 0 Å². The number of halogens is 2. The van der Waals surface area contributed by atoms with Gasteiger partial charge in [0.25, 0.3) is 0 Å². The summed E-state index contributed by atoms with van der Waals surface area (Å²) in [5, 5.41) is 3.99. The number of nitrogens with one attached hydrogen (secondary N) is 1. The molecule has 0 bridgehead atoms. The van der Waals surface area contributed by atoms with Crippen molar-refractivity contribution in [3.63, 3.8) is 0 Å². The van der Waals surface area contributed by atoms with Crippen molar-refractivity contribution in [1.29, 1.82) is 0 Å². The maximum Gasteiger partial charge on any atom is 0.124 e. The molecule has 1 atom stereocenters. The van der Waals surface area contributed by atoms with Gasteiger partial charge in [-0.15, -0.1) is 0 Å². The molecule has 0 radical (unpaired) electrons. The highest BCUT2D eigenvalue weighted by Crippen LogP contribution is 2.35. The number of rotatable bonds is 5. The van der Waals surface area contributed by atoms with E-state index in [0.717, 1.165) is 27.1 Å². The van der Waals surface area contributed by atoms with Crippen LogP contribution in [0.3, 0.4) is 0 Å². The average Bonchev–Trinajstić information content (AvgIpc) is 2.51. The first-order valence-corrected chi connectivity index (χ1v) is 7.62. The minimum Gasteiger partial charge on any atom is -0.497 e. The van der Waals surface area contributed by atoms with Crippen LogP contribution in [0, 0.1) is 0 Å². The molecule has 0 spiro atoms. The summed E-state index contributed by atoms with van der Waals surface area (Å²) in [4.78, 5) is 0. The Morgan fingerprint density at radius 2 is 1.86 bits per heavy atom. The molecule has 3 nitrogen and oxygen atoms in total. The number of hydrogen-bond acceptors (Lipinski definition) is 3. The van der Waals surface area contributed by atoms with Gasteiger partial charge in [-0.25, -0.2) is 0 Å². The molecule has 2 aromatic rings. The highest BCUT2D eigenvalue weighted by atomic mass is 79.9. The second-order valence-corrected chi connectivity index (χ2v) is 5.76. The van der Waals surface area contributed by atoms with Crippen LogP contribution in [0.15, 0.2) is 40.9 Å². The van der Waals surface area contributed by atoms with Crippen molar-refractivity contribution < 1.29 is 9.47 Å². The van der Waals surface area contributed by atoms with Crippen LogP contribution >= 0.6 is 27.5 Å². The van der Waals surface area contributed by atoms with E-state index in [4.69, 9.17) is 21.1 Å². The second-order valence-electron chi connectivity index (χ2n) is 4.50. The smallest absolute Gasteiger partial charge is 0.124 e. The largest absolute Gasteiger partial charge is 0.497 e. The Hall–Kier alpha value is -1.23. The van der Waals surface area contributed by atoms with E-state index in [2.05, 4.69) is 21.2 Å². The predicted octanol–water partition coefficient (Wildman–Crippen LogP) is 4.43. The average molecular weight is 371 g/mol. The van der Waals surface area contributed by atoms with Gasteiger partial charge in [0, 0.05) is 10.0 Å². The van der Waals surface area contributed by atoms with Crippen LogP contribution in [0.1, 0.15) is 17.2 Å². The van der Waals surface area contributed by atoms with Crippen molar-refractivity contribution in [2.24, 2.45) is 0 Å². The molecule has 112 valence electrons. The molecule has 0 heterocycles. The van der Waals surface area contributed by atoms with Crippen molar-refractivity contribution >= 4 is 27.5 Å². The summed E-state index contributed by atoms with van der Waals surface area (Å²) < 4.78 is 11.6. The third-order valence-corrected chi connectivity index (χ3v) is 4.53. The molecule has 5 heteroatoms. The van der Waals surface area contributed by atoms with E-state index in [1.54, 1.807) is 14.2 Å². The van der Waals surface area contributed by atoms with Crippen molar-refractivity contribution in [2.45, 2.75) is 6.04 Å². The third-order valence-electron chi connectivity index (χ3n) is 3.31. The van der Waals surface area contributed by atoms with Crippen LogP contribution in [0.5, 0.6) is 11.5 Å². The Morgan fingerprint density at radius 1 is 1.10 bits per heavy atom. The van der Waals surface area contributed by atoms with Crippen molar-refractivity contribution in [3.05, 3.63) is 57.0 Å². The molecule has 0 amide bonds. The maximum atomic E-state index is 6.07. The van der Waals surface area contributed by atoms with E-state index in [-0.39, 0.29) is 6.04 Å². The summed E-state index contributed by atoms with van der Waals surface area (Å²) in [5.74, 6) is 1.60. The minimum atomic E-state index is -0.0244. The quantitative estimate of drug-likeness (QED) is 0.844. The Balaban J connectivity index is 2.51. The van der Waals surface area contributed by atoms with Crippen molar-refractivity contribution in [3.8, 4) is 11.5 Å². The number of ether oxygens (including phenoxy) is 2. The SMILES string of the molecule is CNC(c1ccc(Cl)c(Br)c1)c1cc(OC)ccc1OC. The first-order valence-electron chi connectivity index (χ1n) is 6.44. The molecule has 0 fully saturated rings. The summed E-state index contributed by atoms with van der Waals surface area (Å²) >= 11 is 9.53. The highest BCUT2D eigenvalue weighted by Gasteiger charge is 2.18. The first kappa shape index (κ1) is 16.1. The summed E-state index contributed by atoms with van der Waals surface area (Å²) in [6.07, 6.45) is 0. The lowest BCUT2D eigenvalue weighted by molar-refractivity contribution is 0.395. The fourth-order valence-electron chi connectivity index (χ4n) is 2.26. The number of benzene rings is 2. The molecule has 0 saturated carbocycles. The molecular weight excluding hydrogens is 354 g/mol. The van der Waals surface area contributed by atoms with Crippen LogP contribution in [-0.4, -0.2) is 21.3 Å². The van der Waals surface area contributed by atoms with Gasteiger partial charge < -0.3 is 14.8 Å². The van der Waals surface area contributed by atoms with Crippen LogP contribution < -0.4 is 14.8 Å². The first-order chi connectivity index (χ1) is 10.1. The van der Waals surface area contributed by atoms with Crippen LogP contribution in [0.25, 0.3) is 0 Å². The third kappa shape index (κ3) is 3.51. The molecule has 1 unspecified atom stereocenters. The molecule has 2 rings (SSSR count). The molecule has 0 aliphatic heterocycles. The second kappa shape index (κ2) is 7.16. The molecule has 2 aromatic carbocycles. The van der Waals surface area contributed by atoms with Crippen LogP contribution in [-0.2, 0) is 0 Å². The maximum absolute atomic E-state index is 6.07. The summed E-state index contributed by atoms with van der Waals surface area (Å²) in [5.41, 5.74) is 2.09. The Morgan fingerprint density at radius 3 is 2.43 bits per heavy atom. The molecule has 1 N–H and O–H groups in total. The van der Waals surface area contributed by atoms with Gasteiger partial charge in [-0.05, 0) is 58.9 Å². The zero-order valence-electron chi connectivity index (χ0n) is 12.1. The molecule has 0 saturated heterocycles. The minimum absolute atomic E-state index is 0.0244. The molecule has 21 heavy (non-hydrogen) atoms. The summed E-state index contributed by atoms with van der Waals surface area (Å²) in [6, 6.07) is 11.6. The van der Waals surface area contributed by atoms with E-state index in [9.17, 15) is 0 Å². The highest BCUT2D eigenvalue weighted by molar-refractivity contribution is 9.10. The Labute approximate surface area is 138 Å². The fraction of sp³-hybridized carbons (Fsp3) is 0.250. The Bertz CT molecular complexity index is 634. The number of hydrogen-bond donors (Lipinski definition) is 1. The van der Waals surface area contributed by atoms with Crippen molar-refractivity contribution in [2.75, 3.05) is 21.3 Å². The van der Waals surface area contributed by atoms with E-state index >= 15 is 0 Å². The van der Waals surface area contributed by atoms with Crippen molar-refractivity contribution in [1.82, 2.24) is 5.32 Å². The molecular formula is C16H17BrClNO2. The van der Waals surface area contributed by atoms with Gasteiger partial charge in [0.1, 0.15) is 11.5 Å². The molecule has 0 aliphatic rings. The van der Waals surface area contributed by atoms with Gasteiger partial charge in [0.2, 0.25) is 0 Å². The molecule has 0 aliphatic carbocycles. The standard InChI is InChI=1S/C16H17BrClNO2/c1-19-16(10-4-6-14(18)13(17)8-10)12-9-11(20-2)5-7-15(12)21-3/h4-9,16,19H,1-3H3. The van der Waals surface area contributed by atoms with Gasteiger partial charge in [0.15, 0.2) is 0 Å². The lowest BCUT2D eigenvalue weighted by atomic mass is 9.97. The van der Waals surface area contributed by atoms with Gasteiger partial charge in [-0.3, -0.25) is 0 Å². The summed E-state index contributed by atoms with van der Waals surface area (Å²) in [6.45, 7) is 0. The van der Waals surface area contributed by atoms with E-state index in [1.165, 1.54) is 0 Å². The van der Waals surface area contributed by atoms with Gasteiger partial charge in [-0.1, -0.05) is 17.7 Å². The predicted molar refractivity (Wildman–Crippen MR) is 89.6 cm³/mol. The zero-order chi connectivity index (χ0) is 15.4. The fourth-order valence-corrected chi connectivity index (χ4v) is 2.77. The number of methoxy groups -OCH3 is 2. The van der Waals surface area contributed by atoms with E-state index < -0.39 is 0 Å². The summed E-state index contributed by atoms with van der Waals surface area (Å²) in [7, 11) is 5.22. The van der Waals surface area contributed by atoms with Gasteiger partial charge in [0.05, 0.1) is 25.3 Å². The normalized spacial score (nSPS) is 12.0. The van der Waals surface area contributed by atoms with Gasteiger partial charge in [-0.2, -0.15) is 0 Å². The van der Waals surface area contributed by atoms with Crippen LogP contribution in [0.4, 0.5) is 0 Å². The monoisotopic (exact) mass is 369 g/mol. The van der Waals surface area contributed by atoms with Crippen LogP contribution in [0.2, 0.25) is 5.02 Å². The lowest BCUT2D eigenvalue weighted by Gasteiger charge is -2.21. The molecule has 0 aromatic heterocycles. The topological polar surface area (TPSA) is 30.5 Å². The zero-order valence-corrected chi connectivity index (χ0v) is 14.5.